The minimum absolute atomic E-state index is 0.0205. The number of methoxy groups -OCH3 is 1. The van der Waals surface area contributed by atoms with Gasteiger partial charge in [-0.3, -0.25) is 0 Å². The summed E-state index contributed by atoms with van der Waals surface area (Å²) in [7, 11) is 1.68. The lowest BCUT2D eigenvalue weighted by molar-refractivity contribution is 0.150. The van der Waals surface area contributed by atoms with Gasteiger partial charge >= 0.3 is 0 Å². The lowest BCUT2D eigenvalue weighted by Gasteiger charge is -2.33. The molecule has 3 N–H and O–H groups in total. The van der Waals surface area contributed by atoms with Gasteiger partial charge in [-0.2, -0.15) is 5.26 Å². The van der Waals surface area contributed by atoms with Crippen molar-refractivity contribution in [2.24, 2.45) is 0 Å². The molecule has 1 aliphatic rings. The van der Waals surface area contributed by atoms with Crippen LogP contribution in [0.5, 0.6) is 11.6 Å². The summed E-state index contributed by atoms with van der Waals surface area (Å²) in [4.78, 5) is 8.16. The van der Waals surface area contributed by atoms with Gasteiger partial charge in [-0.1, -0.05) is 54.6 Å². The molecular weight excluding hydrogens is 486 g/mol. The second-order valence-corrected chi connectivity index (χ2v) is 9.62. The number of hydrogen-bond donors (Lipinski definition) is 3. The molecule has 2 aromatic heterocycles. The van der Waals surface area contributed by atoms with Crippen LogP contribution in [-0.4, -0.2) is 36.3 Å². The van der Waals surface area contributed by atoms with Crippen LogP contribution in [0.25, 0.3) is 22.2 Å². The summed E-state index contributed by atoms with van der Waals surface area (Å²) in [5.41, 5.74) is 6.81. The number of nitrogens with one attached hydrogen (secondary N) is 3. The van der Waals surface area contributed by atoms with Crippen molar-refractivity contribution in [3.8, 4) is 29.0 Å². The number of H-pyrrole nitrogens is 1. The average Bonchev–Trinajstić information content (AvgIpc) is 3.44. The number of hydrogen-bond acceptors (Lipinski definition) is 6. The largest absolute Gasteiger partial charge is 0.495 e. The van der Waals surface area contributed by atoms with Gasteiger partial charge in [0.05, 0.1) is 42.5 Å². The Labute approximate surface area is 227 Å². The lowest BCUT2D eigenvalue weighted by atomic mass is 9.99. The Bertz CT molecular complexity index is 1620. The molecule has 0 radical (unpaired) electrons. The minimum Gasteiger partial charge on any atom is -0.495 e. The van der Waals surface area contributed by atoms with Gasteiger partial charge in [0.2, 0.25) is 5.88 Å². The summed E-state index contributed by atoms with van der Waals surface area (Å²) in [5, 5.41) is 17.4. The third-order valence-corrected chi connectivity index (χ3v) is 7.15. The highest BCUT2D eigenvalue weighted by Crippen LogP contribution is 2.36. The molecule has 0 bridgehead atoms. The molecule has 3 heterocycles. The summed E-state index contributed by atoms with van der Waals surface area (Å²) >= 11 is 0. The van der Waals surface area contributed by atoms with Gasteiger partial charge in [0.15, 0.2) is 0 Å². The van der Waals surface area contributed by atoms with Crippen LogP contribution in [0.3, 0.4) is 0 Å². The van der Waals surface area contributed by atoms with E-state index in [-0.39, 0.29) is 12.1 Å². The molecule has 0 unspecified atom stereocenters. The molecule has 7 nitrogen and oxygen atoms in total. The molecular formula is C32H29N5O2. The first-order chi connectivity index (χ1) is 19.2. The maximum Gasteiger partial charge on any atom is 0.237 e. The molecule has 0 spiro atoms. The first kappa shape index (κ1) is 24.5. The number of fused-ring (bicyclic) bond motifs is 2. The van der Waals surface area contributed by atoms with Crippen LogP contribution >= 0.6 is 0 Å². The number of anilines is 1. The van der Waals surface area contributed by atoms with E-state index in [4.69, 9.17) is 14.7 Å². The van der Waals surface area contributed by atoms with Crippen LogP contribution in [-0.2, 0) is 6.42 Å². The van der Waals surface area contributed by atoms with Crippen molar-refractivity contribution in [1.29, 1.82) is 5.26 Å². The number of nitriles is 1. The summed E-state index contributed by atoms with van der Waals surface area (Å²) in [6.45, 7) is 1.41. The summed E-state index contributed by atoms with van der Waals surface area (Å²) < 4.78 is 12.0. The zero-order chi connectivity index (χ0) is 26.6. The highest BCUT2D eigenvalue weighted by molar-refractivity contribution is 5.90. The molecule has 5 aromatic rings. The SMILES string of the molecule is COc1cccc2cc(-c3cnc4c(c3)NC[C@@H]([C@H](NCCc3ccc(C#N)cc3)c3ccccc3)O4)[nH]c12. The van der Waals surface area contributed by atoms with Crippen LogP contribution < -0.4 is 20.1 Å². The van der Waals surface area contributed by atoms with Crippen molar-refractivity contribution in [3.63, 3.8) is 0 Å². The minimum atomic E-state index is -0.142. The van der Waals surface area contributed by atoms with E-state index in [1.54, 1.807) is 7.11 Å². The first-order valence-electron chi connectivity index (χ1n) is 13.1. The van der Waals surface area contributed by atoms with E-state index in [1.165, 1.54) is 5.56 Å². The molecule has 1 aliphatic heterocycles. The van der Waals surface area contributed by atoms with Crippen LogP contribution in [0.2, 0.25) is 0 Å². The fourth-order valence-electron chi connectivity index (χ4n) is 5.10. The van der Waals surface area contributed by atoms with E-state index in [0.29, 0.717) is 18.0 Å². The highest BCUT2D eigenvalue weighted by Gasteiger charge is 2.29. The molecule has 0 aliphatic carbocycles. The number of rotatable bonds is 8. The molecule has 194 valence electrons. The second kappa shape index (κ2) is 10.9. The van der Waals surface area contributed by atoms with Crippen LogP contribution in [0.15, 0.2) is 91.1 Å². The van der Waals surface area contributed by atoms with Gasteiger partial charge in [-0.05, 0) is 54.4 Å². The van der Waals surface area contributed by atoms with Gasteiger partial charge in [-0.15, -0.1) is 0 Å². The Morgan fingerprint density at radius 3 is 2.72 bits per heavy atom. The number of benzene rings is 3. The van der Waals surface area contributed by atoms with Crippen molar-refractivity contribution in [2.45, 2.75) is 18.6 Å². The van der Waals surface area contributed by atoms with E-state index in [9.17, 15) is 0 Å². The van der Waals surface area contributed by atoms with E-state index in [2.05, 4.69) is 69.1 Å². The number of ether oxygens (including phenoxy) is 2. The molecule has 0 saturated heterocycles. The van der Waals surface area contributed by atoms with E-state index >= 15 is 0 Å². The normalized spacial score (nSPS) is 15.0. The number of pyridine rings is 1. The van der Waals surface area contributed by atoms with E-state index in [0.717, 1.165) is 52.1 Å². The number of aromatic amines is 1. The Kier molecular flexibility index (Phi) is 6.86. The standard InChI is InChI=1S/C32H29N5O2/c1-38-28-9-5-8-24-16-26(37-31(24)28)25-17-27-32(36-19-25)39-29(20-35-27)30(23-6-3-2-4-7-23)34-15-14-21-10-12-22(18-33)13-11-21/h2-13,16-17,19,29-30,34-35,37H,14-15,20H2,1H3/t29-,30+/m0/s1. The fourth-order valence-corrected chi connectivity index (χ4v) is 5.10. The number of aromatic nitrogens is 2. The van der Waals surface area contributed by atoms with Gasteiger partial charge in [-0.25, -0.2) is 4.98 Å². The molecule has 6 rings (SSSR count). The number of para-hydroxylation sites is 1. The molecule has 0 fully saturated rings. The third-order valence-electron chi connectivity index (χ3n) is 7.15. The van der Waals surface area contributed by atoms with E-state index < -0.39 is 0 Å². The molecule has 3 aromatic carbocycles. The topological polar surface area (TPSA) is 95.0 Å². The van der Waals surface area contributed by atoms with Gasteiger partial charge in [0.25, 0.3) is 0 Å². The Morgan fingerprint density at radius 2 is 1.92 bits per heavy atom. The monoisotopic (exact) mass is 515 g/mol. The van der Waals surface area contributed by atoms with Crippen LogP contribution in [0.1, 0.15) is 22.7 Å². The maximum absolute atomic E-state index is 9.05. The van der Waals surface area contributed by atoms with Gasteiger partial charge < -0.3 is 25.1 Å². The van der Waals surface area contributed by atoms with E-state index in [1.807, 2.05) is 48.7 Å². The van der Waals surface area contributed by atoms with Crippen molar-refractivity contribution >= 4 is 16.6 Å². The zero-order valence-corrected chi connectivity index (χ0v) is 21.6. The quantitative estimate of drug-likeness (QED) is 0.240. The van der Waals surface area contributed by atoms with Crippen molar-refractivity contribution < 1.29 is 9.47 Å². The highest BCUT2D eigenvalue weighted by atomic mass is 16.5. The Hall–Kier alpha value is -4.80. The Morgan fingerprint density at radius 1 is 1.08 bits per heavy atom. The average molecular weight is 516 g/mol. The lowest BCUT2D eigenvalue weighted by Crippen LogP contribution is -2.43. The predicted molar refractivity (Wildman–Crippen MR) is 153 cm³/mol. The molecule has 0 saturated carbocycles. The zero-order valence-electron chi connectivity index (χ0n) is 21.6. The van der Waals surface area contributed by atoms with Crippen molar-refractivity contribution in [1.82, 2.24) is 15.3 Å². The predicted octanol–water partition coefficient (Wildman–Crippen LogP) is 5.86. The smallest absolute Gasteiger partial charge is 0.237 e. The molecule has 39 heavy (non-hydrogen) atoms. The molecule has 0 amide bonds. The third kappa shape index (κ3) is 5.15. The summed E-state index contributed by atoms with van der Waals surface area (Å²) in [6.07, 6.45) is 2.55. The summed E-state index contributed by atoms with van der Waals surface area (Å²) in [6, 6.07) is 30.5. The molecule has 2 atom stereocenters. The maximum atomic E-state index is 9.05. The summed E-state index contributed by atoms with van der Waals surface area (Å²) in [5.74, 6) is 1.41. The Balaban J connectivity index is 1.19. The van der Waals surface area contributed by atoms with Crippen LogP contribution in [0.4, 0.5) is 5.69 Å². The van der Waals surface area contributed by atoms with Gasteiger partial charge in [0, 0.05) is 22.8 Å². The van der Waals surface area contributed by atoms with Gasteiger partial charge in [0.1, 0.15) is 11.9 Å². The number of nitrogens with zero attached hydrogens (tertiary/aromatic N) is 2. The van der Waals surface area contributed by atoms with Crippen molar-refractivity contribution in [2.75, 3.05) is 25.5 Å². The second-order valence-electron chi connectivity index (χ2n) is 9.62. The fraction of sp³-hybridized carbons (Fsp3) is 0.188. The van der Waals surface area contributed by atoms with Crippen molar-refractivity contribution in [3.05, 3.63) is 108 Å². The molecule has 7 heteroatoms. The van der Waals surface area contributed by atoms with Crippen LogP contribution in [0, 0.1) is 11.3 Å². The first-order valence-corrected chi connectivity index (χ1v) is 13.1.